The minimum absolute atomic E-state index is 0.00921. The van der Waals surface area contributed by atoms with Crippen molar-refractivity contribution >= 4 is 29.6 Å². The largest absolute Gasteiger partial charge is 0.460 e. The van der Waals surface area contributed by atoms with Crippen molar-refractivity contribution in [3.8, 4) is 0 Å². The molecule has 1 aromatic rings. The number of alkyl halides is 1. The zero-order chi connectivity index (χ0) is 20.9. The summed E-state index contributed by atoms with van der Waals surface area (Å²) in [5.74, 6) is -1.29. The number of nitrogens with zero attached hydrogens (tertiary/aromatic N) is 1. The third kappa shape index (κ3) is 6.67. The first-order valence-electron chi connectivity index (χ1n) is 8.86. The summed E-state index contributed by atoms with van der Waals surface area (Å²) in [5.41, 5.74) is -0.0595. The van der Waals surface area contributed by atoms with Gasteiger partial charge in [-0.1, -0.05) is 23.7 Å². The Morgan fingerprint density at radius 2 is 2.04 bits per heavy atom. The van der Waals surface area contributed by atoms with Gasteiger partial charge in [-0.15, -0.1) is 0 Å². The van der Waals surface area contributed by atoms with Crippen LogP contribution in [0.15, 0.2) is 24.3 Å². The van der Waals surface area contributed by atoms with E-state index in [2.05, 4.69) is 5.32 Å². The van der Waals surface area contributed by atoms with Gasteiger partial charge < -0.3 is 14.8 Å². The lowest BCUT2D eigenvalue weighted by molar-refractivity contribution is -0.145. The van der Waals surface area contributed by atoms with E-state index in [9.17, 15) is 18.8 Å². The molecule has 1 heterocycles. The molecule has 1 N–H and O–H groups in total. The van der Waals surface area contributed by atoms with E-state index in [-0.39, 0.29) is 19.6 Å². The number of amides is 2. The molecule has 0 aromatic heterocycles. The molecule has 0 radical (unpaired) electrons. The lowest BCUT2D eigenvalue weighted by atomic mass is 10.2. The van der Waals surface area contributed by atoms with Gasteiger partial charge in [-0.2, -0.15) is 0 Å². The van der Waals surface area contributed by atoms with Gasteiger partial charge in [-0.3, -0.25) is 14.5 Å². The number of benzene rings is 1. The molecule has 2 rings (SSSR count). The molecule has 0 aliphatic carbocycles. The van der Waals surface area contributed by atoms with Crippen LogP contribution < -0.4 is 5.32 Å². The van der Waals surface area contributed by atoms with E-state index in [1.54, 1.807) is 45.0 Å². The Morgan fingerprint density at radius 1 is 1.32 bits per heavy atom. The van der Waals surface area contributed by atoms with Gasteiger partial charge in [-0.05, 0) is 38.5 Å². The number of rotatable bonds is 5. The second kappa shape index (κ2) is 9.23. The van der Waals surface area contributed by atoms with Crippen molar-refractivity contribution in [2.75, 3.05) is 13.1 Å². The number of carbonyl (C=O) groups is 3. The average Bonchev–Trinajstić information content (AvgIpc) is 2.98. The fourth-order valence-corrected chi connectivity index (χ4v) is 2.89. The summed E-state index contributed by atoms with van der Waals surface area (Å²) in [4.78, 5) is 37.4. The Hall–Kier alpha value is -2.35. The third-order valence-electron chi connectivity index (χ3n) is 3.88. The first-order chi connectivity index (χ1) is 13.0. The van der Waals surface area contributed by atoms with Gasteiger partial charge in [0.25, 0.3) is 0 Å². The van der Waals surface area contributed by atoms with Crippen molar-refractivity contribution in [2.24, 2.45) is 0 Å². The van der Waals surface area contributed by atoms with Gasteiger partial charge in [-0.25, -0.2) is 9.18 Å². The predicted molar refractivity (Wildman–Crippen MR) is 100 cm³/mol. The summed E-state index contributed by atoms with van der Waals surface area (Å²) in [6, 6.07) is 5.79. The van der Waals surface area contributed by atoms with Crippen LogP contribution in [0.4, 0.5) is 9.18 Å². The van der Waals surface area contributed by atoms with Crippen LogP contribution in [0.5, 0.6) is 0 Å². The number of ether oxygens (including phenoxy) is 2. The highest BCUT2D eigenvalue weighted by atomic mass is 35.5. The molecule has 2 amide bonds. The quantitative estimate of drug-likeness (QED) is 0.749. The zero-order valence-electron chi connectivity index (χ0n) is 16.0. The Labute approximate surface area is 168 Å². The summed E-state index contributed by atoms with van der Waals surface area (Å²) < 4.78 is 24.1. The van der Waals surface area contributed by atoms with E-state index in [1.165, 1.54) is 0 Å². The number of carbonyl (C=O) groups excluding carboxylic acids is 3. The van der Waals surface area contributed by atoms with Crippen molar-refractivity contribution < 1.29 is 28.2 Å². The highest BCUT2D eigenvalue weighted by Gasteiger charge is 2.41. The first-order valence-corrected chi connectivity index (χ1v) is 9.24. The van der Waals surface area contributed by atoms with Gasteiger partial charge in [0.1, 0.15) is 31.0 Å². The Bertz CT molecular complexity index is 737. The van der Waals surface area contributed by atoms with Gasteiger partial charge in [0.05, 0.1) is 6.54 Å². The van der Waals surface area contributed by atoms with Crippen LogP contribution in [0, 0.1) is 0 Å². The summed E-state index contributed by atoms with van der Waals surface area (Å²) in [5, 5.41) is 2.90. The topological polar surface area (TPSA) is 84.9 Å². The first kappa shape index (κ1) is 21.9. The van der Waals surface area contributed by atoms with Crippen LogP contribution in [-0.4, -0.2) is 53.8 Å². The predicted octanol–water partition coefficient (Wildman–Crippen LogP) is 2.85. The van der Waals surface area contributed by atoms with Crippen LogP contribution in [0.3, 0.4) is 0 Å². The number of hydrogen-bond acceptors (Lipinski definition) is 5. The number of likely N-dealkylation sites (tertiary alicyclic amines) is 1. The average molecular weight is 415 g/mol. The standard InChI is InChI=1S/C19H24ClFN2O5/c1-19(2,3)28-18(26)23-10-14(21)8-15(23)17(25)22-9-16(24)27-11-12-5-4-6-13(20)7-12/h4-7,14-15H,8-11H2,1-3H3,(H,22,25)/t14-,15+/m1/s1. The van der Waals surface area contributed by atoms with Gasteiger partial charge in [0.2, 0.25) is 5.91 Å². The molecule has 1 aromatic carbocycles. The molecule has 1 aliphatic rings. The third-order valence-corrected chi connectivity index (χ3v) is 4.11. The number of nitrogens with one attached hydrogen (secondary N) is 1. The SMILES string of the molecule is CC(C)(C)OC(=O)N1C[C@H](F)C[C@H]1C(=O)NCC(=O)OCc1cccc(Cl)c1. The summed E-state index contributed by atoms with van der Waals surface area (Å²) in [6.07, 6.45) is -2.25. The molecule has 9 heteroatoms. The number of halogens is 2. The van der Waals surface area contributed by atoms with E-state index in [0.717, 1.165) is 4.90 Å². The highest BCUT2D eigenvalue weighted by Crippen LogP contribution is 2.23. The van der Waals surface area contributed by atoms with Crippen molar-refractivity contribution in [1.82, 2.24) is 10.2 Å². The molecule has 0 unspecified atom stereocenters. The van der Waals surface area contributed by atoms with E-state index < -0.39 is 42.3 Å². The second-order valence-corrected chi connectivity index (χ2v) is 7.93. The molecule has 28 heavy (non-hydrogen) atoms. The van der Waals surface area contributed by atoms with E-state index >= 15 is 0 Å². The Morgan fingerprint density at radius 3 is 2.68 bits per heavy atom. The molecular weight excluding hydrogens is 391 g/mol. The van der Waals surface area contributed by atoms with Crippen molar-refractivity contribution in [1.29, 1.82) is 0 Å². The summed E-state index contributed by atoms with van der Waals surface area (Å²) >= 11 is 5.86. The van der Waals surface area contributed by atoms with E-state index in [1.807, 2.05) is 0 Å². The van der Waals surface area contributed by atoms with Gasteiger partial charge in [0, 0.05) is 11.4 Å². The Balaban J connectivity index is 1.84. The normalized spacial score (nSPS) is 19.2. The lowest BCUT2D eigenvalue weighted by Crippen LogP contribution is -2.48. The molecule has 0 saturated carbocycles. The second-order valence-electron chi connectivity index (χ2n) is 7.49. The van der Waals surface area contributed by atoms with E-state index in [0.29, 0.717) is 10.6 Å². The molecule has 1 aliphatic heterocycles. The summed E-state index contributed by atoms with van der Waals surface area (Å²) in [6.45, 7) is 4.42. The molecule has 1 saturated heterocycles. The zero-order valence-corrected chi connectivity index (χ0v) is 16.8. The van der Waals surface area contributed by atoms with Crippen LogP contribution in [-0.2, 0) is 25.7 Å². The molecule has 154 valence electrons. The maximum atomic E-state index is 13.8. The fraction of sp³-hybridized carbons (Fsp3) is 0.526. The van der Waals surface area contributed by atoms with Crippen molar-refractivity contribution in [2.45, 2.75) is 51.6 Å². The van der Waals surface area contributed by atoms with Gasteiger partial charge in [0.15, 0.2) is 0 Å². The molecule has 0 bridgehead atoms. The minimum Gasteiger partial charge on any atom is -0.460 e. The molecular formula is C19H24ClFN2O5. The van der Waals surface area contributed by atoms with E-state index in [4.69, 9.17) is 21.1 Å². The van der Waals surface area contributed by atoms with Crippen LogP contribution in [0.2, 0.25) is 5.02 Å². The maximum Gasteiger partial charge on any atom is 0.411 e. The molecule has 0 spiro atoms. The smallest absolute Gasteiger partial charge is 0.411 e. The fourth-order valence-electron chi connectivity index (χ4n) is 2.67. The van der Waals surface area contributed by atoms with Gasteiger partial charge >= 0.3 is 12.1 Å². The summed E-state index contributed by atoms with van der Waals surface area (Å²) in [7, 11) is 0. The maximum absolute atomic E-state index is 13.8. The monoisotopic (exact) mass is 414 g/mol. The molecule has 2 atom stereocenters. The minimum atomic E-state index is -1.34. The number of hydrogen-bond donors (Lipinski definition) is 1. The van der Waals surface area contributed by atoms with Crippen LogP contribution >= 0.6 is 11.6 Å². The van der Waals surface area contributed by atoms with Crippen molar-refractivity contribution in [3.63, 3.8) is 0 Å². The van der Waals surface area contributed by atoms with Crippen molar-refractivity contribution in [3.05, 3.63) is 34.9 Å². The lowest BCUT2D eigenvalue weighted by Gasteiger charge is -2.27. The van der Waals surface area contributed by atoms with Crippen LogP contribution in [0.25, 0.3) is 0 Å². The van der Waals surface area contributed by atoms with Crippen LogP contribution in [0.1, 0.15) is 32.8 Å². The molecule has 1 fully saturated rings. The Kier molecular flexibility index (Phi) is 7.23. The highest BCUT2D eigenvalue weighted by molar-refractivity contribution is 6.30. The molecule has 7 nitrogen and oxygen atoms in total. The number of esters is 1.